The Hall–Kier alpha value is -0.620. The summed E-state index contributed by atoms with van der Waals surface area (Å²) >= 11 is 3.20. The van der Waals surface area contributed by atoms with Gasteiger partial charge in [-0.05, 0) is 44.7 Å². The second-order valence-electron chi connectivity index (χ2n) is 5.64. The molecule has 2 rings (SSSR count). The Labute approximate surface area is 130 Å². The van der Waals surface area contributed by atoms with Gasteiger partial charge >= 0.3 is 6.18 Å². The summed E-state index contributed by atoms with van der Waals surface area (Å²) in [5.41, 5.74) is 0.538. The van der Waals surface area contributed by atoms with Gasteiger partial charge in [-0.1, -0.05) is 22.0 Å². The fourth-order valence-corrected chi connectivity index (χ4v) is 3.22. The van der Waals surface area contributed by atoms with Gasteiger partial charge in [0.2, 0.25) is 0 Å². The number of halogens is 5. The third-order valence-electron chi connectivity index (χ3n) is 4.10. The molecule has 0 aromatic heterocycles. The predicted molar refractivity (Wildman–Crippen MR) is 77.5 cm³/mol. The minimum atomic E-state index is -4.09. The molecule has 6 heteroatoms. The van der Waals surface area contributed by atoms with Gasteiger partial charge < -0.3 is 5.32 Å². The van der Waals surface area contributed by atoms with Crippen molar-refractivity contribution in [1.29, 1.82) is 0 Å². The van der Waals surface area contributed by atoms with Crippen molar-refractivity contribution < 1.29 is 17.6 Å². The second-order valence-corrected chi connectivity index (χ2v) is 6.56. The first-order valence-electron chi connectivity index (χ1n) is 7.05. The maximum absolute atomic E-state index is 13.9. The summed E-state index contributed by atoms with van der Waals surface area (Å²) < 4.78 is 52.4. The number of rotatable bonds is 3. The van der Waals surface area contributed by atoms with Crippen LogP contribution in [0.3, 0.4) is 0 Å². The minimum Gasteiger partial charge on any atom is -0.307 e. The number of alkyl halides is 3. The third-order valence-corrected chi connectivity index (χ3v) is 4.60. The van der Waals surface area contributed by atoms with Crippen molar-refractivity contribution in [3.63, 3.8) is 0 Å². The molecule has 21 heavy (non-hydrogen) atoms. The van der Waals surface area contributed by atoms with E-state index < -0.39 is 12.1 Å². The van der Waals surface area contributed by atoms with Gasteiger partial charge in [0.25, 0.3) is 0 Å². The van der Waals surface area contributed by atoms with E-state index in [0.29, 0.717) is 22.9 Å². The van der Waals surface area contributed by atoms with Gasteiger partial charge in [0.1, 0.15) is 5.82 Å². The van der Waals surface area contributed by atoms with Crippen molar-refractivity contribution in [3.8, 4) is 0 Å². The van der Waals surface area contributed by atoms with Crippen LogP contribution in [0.5, 0.6) is 0 Å². The van der Waals surface area contributed by atoms with Crippen LogP contribution < -0.4 is 5.32 Å². The number of hydrogen-bond donors (Lipinski definition) is 1. The van der Waals surface area contributed by atoms with E-state index in [1.165, 1.54) is 6.07 Å². The molecule has 0 radical (unpaired) electrons. The Balaban J connectivity index is 1.91. The maximum atomic E-state index is 13.9. The molecular formula is C15H18BrF4N. The highest BCUT2D eigenvalue weighted by Gasteiger charge is 2.41. The zero-order chi connectivity index (χ0) is 15.6. The Morgan fingerprint density at radius 2 is 1.81 bits per heavy atom. The molecule has 1 aliphatic carbocycles. The number of benzene rings is 1. The molecule has 1 aromatic rings. The molecule has 118 valence electrons. The molecule has 1 N–H and O–H groups in total. The van der Waals surface area contributed by atoms with Gasteiger partial charge in [-0.3, -0.25) is 0 Å². The molecule has 0 bridgehead atoms. The summed E-state index contributed by atoms with van der Waals surface area (Å²) in [6.07, 6.45) is -2.83. The third kappa shape index (κ3) is 4.42. The minimum absolute atomic E-state index is 0.0154. The van der Waals surface area contributed by atoms with Crippen molar-refractivity contribution in [2.24, 2.45) is 5.92 Å². The predicted octanol–water partition coefficient (Wildman–Crippen LogP) is 5.36. The van der Waals surface area contributed by atoms with Gasteiger partial charge in [-0.15, -0.1) is 0 Å². The van der Waals surface area contributed by atoms with Crippen molar-refractivity contribution in [2.75, 3.05) is 0 Å². The van der Waals surface area contributed by atoms with Crippen LogP contribution in [0.15, 0.2) is 22.7 Å². The van der Waals surface area contributed by atoms with Crippen LogP contribution in [0, 0.1) is 11.7 Å². The molecule has 1 fully saturated rings. The van der Waals surface area contributed by atoms with Crippen LogP contribution in [0.2, 0.25) is 0 Å². The van der Waals surface area contributed by atoms with E-state index in [-0.39, 0.29) is 30.7 Å². The fourth-order valence-electron chi connectivity index (χ4n) is 2.88. The van der Waals surface area contributed by atoms with Crippen molar-refractivity contribution in [2.45, 2.75) is 50.9 Å². The molecule has 1 aliphatic rings. The van der Waals surface area contributed by atoms with E-state index in [0.717, 1.165) is 0 Å². The molecule has 1 unspecified atom stereocenters. The Bertz CT molecular complexity index is 481. The highest BCUT2D eigenvalue weighted by atomic mass is 79.9. The molecule has 0 heterocycles. The lowest BCUT2D eigenvalue weighted by Crippen LogP contribution is -2.38. The fraction of sp³-hybridized carbons (Fsp3) is 0.600. The Morgan fingerprint density at radius 1 is 1.19 bits per heavy atom. The van der Waals surface area contributed by atoms with Gasteiger partial charge in [0, 0.05) is 22.1 Å². The van der Waals surface area contributed by atoms with Crippen LogP contribution >= 0.6 is 15.9 Å². The molecule has 1 nitrogen and oxygen atoms in total. The van der Waals surface area contributed by atoms with Gasteiger partial charge in [0.05, 0.1) is 5.92 Å². The Morgan fingerprint density at radius 3 is 2.33 bits per heavy atom. The van der Waals surface area contributed by atoms with Crippen LogP contribution in [0.1, 0.15) is 44.2 Å². The zero-order valence-corrected chi connectivity index (χ0v) is 13.3. The second kappa shape index (κ2) is 6.65. The molecule has 0 spiro atoms. The summed E-state index contributed by atoms with van der Waals surface area (Å²) in [7, 11) is 0. The van der Waals surface area contributed by atoms with Crippen LogP contribution in [-0.4, -0.2) is 12.2 Å². The van der Waals surface area contributed by atoms with Crippen LogP contribution in [0.4, 0.5) is 17.6 Å². The first kappa shape index (κ1) is 16.7. The monoisotopic (exact) mass is 367 g/mol. The SMILES string of the molecule is CC(NC1CCC(C(F)(F)F)CC1)c1ccc(Br)cc1F. The summed E-state index contributed by atoms with van der Waals surface area (Å²) in [6.45, 7) is 1.84. The average Bonchev–Trinajstić information content (AvgIpc) is 2.38. The summed E-state index contributed by atoms with van der Waals surface area (Å²) in [5, 5.41) is 3.24. The van der Waals surface area contributed by atoms with E-state index in [4.69, 9.17) is 0 Å². The molecule has 0 amide bonds. The molecule has 0 saturated heterocycles. The molecule has 0 aliphatic heterocycles. The zero-order valence-electron chi connectivity index (χ0n) is 11.7. The first-order valence-corrected chi connectivity index (χ1v) is 7.84. The normalized spacial score (nSPS) is 24.9. The molecular weight excluding hydrogens is 350 g/mol. The van der Waals surface area contributed by atoms with E-state index in [9.17, 15) is 17.6 Å². The number of nitrogens with one attached hydrogen (secondary N) is 1. The smallest absolute Gasteiger partial charge is 0.307 e. The van der Waals surface area contributed by atoms with E-state index in [1.54, 1.807) is 12.1 Å². The van der Waals surface area contributed by atoms with Crippen molar-refractivity contribution in [1.82, 2.24) is 5.32 Å². The van der Waals surface area contributed by atoms with E-state index in [2.05, 4.69) is 21.2 Å². The summed E-state index contributed by atoms with van der Waals surface area (Å²) in [5.74, 6) is -1.50. The first-order chi connectivity index (χ1) is 9.77. The Kier molecular flexibility index (Phi) is 5.30. The van der Waals surface area contributed by atoms with Gasteiger partial charge in [-0.2, -0.15) is 13.2 Å². The maximum Gasteiger partial charge on any atom is 0.391 e. The number of hydrogen-bond acceptors (Lipinski definition) is 1. The summed E-state index contributed by atoms with van der Waals surface area (Å²) in [6, 6.07) is 4.65. The lowest BCUT2D eigenvalue weighted by molar-refractivity contribution is -0.182. The van der Waals surface area contributed by atoms with Gasteiger partial charge in [-0.25, -0.2) is 4.39 Å². The summed E-state index contributed by atoms with van der Waals surface area (Å²) in [4.78, 5) is 0. The highest BCUT2D eigenvalue weighted by molar-refractivity contribution is 9.10. The average molecular weight is 368 g/mol. The van der Waals surface area contributed by atoms with Crippen LogP contribution in [0.25, 0.3) is 0 Å². The highest BCUT2D eigenvalue weighted by Crippen LogP contribution is 2.38. The van der Waals surface area contributed by atoms with Crippen molar-refractivity contribution >= 4 is 15.9 Å². The molecule has 1 aromatic carbocycles. The quantitative estimate of drug-likeness (QED) is 0.709. The van der Waals surface area contributed by atoms with E-state index >= 15 is 0 Å². The lowest BCUT2D eigenvalue weighted by Gasteiger charge is -2.32. The van der Waals surface area contributed by atoms with Gasteiger partial charge in [0.15, 0.2) is 0 Å². The lowest BCUT2D eigenvalue weighted by atomic mass is 9.85. The molecule has 1 atom stereocenters. The standard InChI is InChI=1S/C15H18BrF4N/c1-9(13-7-4-11(16)8-14(13)17)21-12-5-2-10(3-6-12)15(18,19)20/h4,7-10,12,21H,2-3,5-6H2,1H3. The van der Waals surface area contributed by atoms with E-state index in [1.807, 2.05) is 6.92 Å². The topological polar surface area (TPSA) is 12.0 Å². The largest absolute Gasteiger partial charge is 0.391 e. The molecule has 1 saturated carbocycles. The van der Waals surface area contributed by atoms with Crippen molar-refractivity contribution in [3.05, 3.63) is 34.1 Å². The van der Waals surface area contributed by atoms with Crippen LogP contribution in [-0.2, 0) is 0 Å².